The first-order valence-corrected chi connectivity index (χ1v) is 8.35. The normalized spacial score (nSPS) is 14.5. The summed E-state index contributed by atoms with van der Waals surface area (Å²) in [6.07, 6.45) is 3.45. The van der Waals surface area contributed by atoms with Gasteiger partial charge >= 0.3 is 0 Å². The van der Waals surface area contributed by atoms with Gasteiger partial charge in [-0.05, 0) is 37.6 Å². The van der Waals surface area contributed by atoms with Gasteiger partial charge in [0.05, 0.1) is 30.7 Å². The van der Waals surface area contributed by atoms with Crippen LogP contribution in [0.5, 0.6) is 0 Å². The second-order valence-corrected chi connectivity index (χ2v) is 5.92. The van der Waals surface area contributed by atoms with Crippen molar-refractivity contribution in [1.29, 1.82) is 0 Å². The molecule has 2 aromatic rings. The van der Waals surface area contributed by atoms with Crippen LogP contribution in [-0.2, 0) is 4.74 Å². The number of rotatable bonds is 4. The third kappa shape index (κ3) is 3.57. The van der Waals surface area contributed by atoms with E-state index >= 15 is 0 Å². The van der Waals surface area contributed by atoms with Crippen LogP contribution in [-0.4, -0.2) is 48.6 Å². The standard InChI is InChI=1S/C19H23N3O2/c1-3-22(17-6-4-5-15(2)11-17)18-12-16(13-20-14-18)19(23)21-7-9-24-10-8-21/h4-6,11-14H,3,7-10H2,1-2H3. The van der Waals surface area contributed by atoms with Gasteiger partial charge in [-0.3, -0.25) is 9.78 Å². The Kier molecular flexibility index (Phi) is 5.11. The molecule has 2 heterocycles. The number of pyridine rings is 1. The van der Waals surface area contributed by atoms with Gasteiger partial charge in [0.1, 0.15) is 0 Å². The van der Waals surface area contributed by atoms with Gasteiger partial charge in [-0.25, -0.2) is 0 Å². The number of hydrogen-bond donors (Lipinski definition) is 0. The van der Waals surface area contributed by atoms with Gasteiger partial charge in [-0.1, -0.05) is 12.1 Å². The highest BCUT2D eigenvalue weighted by Gasteiger charge is 2.20. The first-order chi connectivity index (χ1) is 11.7. The van der Waals surface area contributed by atoms with Crippen LogP contribution < -0.4 is 4.90 Å². The van der Waals surface area contributed by atoms with E-state index < -0.39 is 0 Å². The third-order valence-electron chi connectivity index (χ3n) is 4.21. The molecular weight excluding hydrogens is 302 g/mol. The summed E-state index contributed by atoms with van der Waals surface area (Å²) in [4.78, 5) is 21.0. The number of aryl methyl sites for hydroxylation is 1. The number of benzene rings is 1. The third-order valence-corrected chi connectivity index (χ3v) is 4.21. The van der Waals surface area contributed by atoms with E-state index in [9.17, 15) is 4.79 Å². The molecule has 0 N–H and O–H groups in total. The van der Waals surface area contributed by atoms with E-state index in [1.54, 1.807) is 6.20 Å². The molecule has 0 unspecified atom stereocenters. The van der Waals surface area contributed by atoms with E-state index in [0.717, 1.165) is 17.9 Å². The van der Waals surface area contributed by atoms with E-state index in [1.807, 2.05) is 23.2 Å². The maximum absolute atomic E-state index is 12.7. The average molecular weight is 325 g/mol. The van der Waals surface area contributed by atoms with Crippen LogP contribution in [0.2, 0.25) is 0 Å². The molecule has 1 amide bonds. The van der Waals surface area contributed by atoms with Gasteiger partial charge in [-0.15, -0.1) is 0 Å². The Labute approximate surface area is 142 Å². The quantitative estimate of drug-likeness (QED) is 0.867. The number of aromatic nitrogens is 1. The summed E-state index contributed by atoms with van der Waals surface area (Å²) >= 11 is 0. The molecular formula is C19H23N3O2. The van der Waals surface area contributed by atoms with E-state index in [4.69, 9.17) is 4.74 Å². The summed E-state index contributed by atoms with van der Waals surface area (Å²) in [6.45, 7) is 7.45. The molecule has 126 valence electrons. The molecule has 5 nitrogen and oxygen atoms in total. The number of carbonyl (C=O) groups is 1. The van der Waals surface area contributed by atoms with E-state index in [1.165, 1.54) is 5.56 Å². The number of hydrogen-bond acceptors (Lipinski definition) is 4. The lowest BCUT2D eigenvalue weighted by atomic mass is 10.1. The molecule has 1 aliphatic rings. The van der Waals surface area contributed by atoms with Crippen LogP contribution in [0.1, 0.15) is 22.8 Å². The Morgan fingerprint density at radius 1 is 1.21 bits per heavy atom. The van der Waals surface area contributed by atoms with Crippen LogP contribution in [0, 0.1) is 6.92 Å². The highest BCUT2D eigenvalue weighted by atomic mass is 16.5. The minimum absolute atomic E-state index is 0.0212. The molecule has 5 heteroatoms. The lowest BCUT2D eigenvalue weighted by Crippen LogP contribution is -2.40. The van der Waals surface area contributed by atoms with Crippen molar-refractivity contribution in [3.63, 3.8) is 0 Å². The van der Waals surface area contributed by atoms with Crippen molar-refractivity contribution >= 4 is 17.3 Å². The fourth-order valence-corrected chi connectivity index (χ4v) is 2.95. The van der Waals surface area contributed by atoms with E-state index in [0.29, 0.717) is 31.9 Å². The molecule has 0 spiro atoms. The van der Waals surface area contributed by atoms with Crippen LogP contribution in [0.3, 0.4) is 0 Å². The van der Waals surface area contributed by atoms with Crippen LogP contribution in [0.15, 0.2) is 42.7 Å². The summed E-state index contributed by atoms with van der Waals surface area (Å²) in [6, 6.07) is 10.3. The van der Waals surface area contributed by atoms with Crippen LogP contribution in [0.25, 0.3) is 0 Å². The van der Waals surface area contributed by atoms with Gasteiger partial charge in [0, 0.05) is 31.5 Å². The molecule has 1 fully saturated rings. The smallest absolute Gasteiger partial charge is 0.255 e. The topological polar surface area (TPSA) is 45.7 Å². The zero-order valence-corrected chi connectivity index (χ0v) is 14.2. The zero-order valence-electron chi connectivity index (χ0n) is 14.2. The minimum atomic E-state index is 0.0212. The molecule has 0 radical (unpaired) electrons. The Morgan fingerprint density at radius 2 is 2.00 bits per heavy atom. The molecule has 1 aromatic carbocycles. The predicted octanol–water partition coefficient (Wildman–Crippen LogP) is 3.02. The van der Waals surface area contributed by atoms with Crippen LogP contribution in [0.4, 0.5) is 11.4 Å². The molecule has 24 heavy (non-hydrogen) atoms. The van der Waals surface area contributed by atoms with Crippen molar-refractivity contribution in [3.8, 4) is 0 Å². The first kappa shape index (κ1) is 16.5. The van der Waals surface area contributed by atoms with Crippen molar-refractivity contribution in [2.75, 3.05) is 37.7 Å². The fourth-order valence-electron chi connectivity index (χ4n) is 2.95. The minimum Gasteiger partial charge on any atom is -0.378 e. The first-order valence-electron chi connectivity index (χ1n) is 8.35. The molecule has 0 saturated carbocycles. The van der Waals surface area contributed by atoms with Crippen molar-refractivity contribution in [3.05, 3.63) is 53.9 Å². The second kappa shape index (κ2) is 7.45. The maximum atomic E-state index is 12.7. The number of nitrogens with zero attached hydrogens (tertiary/aromatic N) is 3. The highest BCUT2D eigenvalue weighted by Crippen LogP contribution is 2.26. The maximum Gasteiger partial charge on any atom is 0.255 e. The van der Waals surface area contributed by atoms with Gasteiger partial charge in [0.25, 0.3) is 5.91 Å². The van der Waals surface area contributed by atoms with Crippen LogP contribution >= 0.6 is 0 Å². The van der Waals surface area contributed by atoms with E-state index in [-0.39, 0.29) is 5.91 Å². The van der Waals surface area contributed by atoms with E-state index in [2.05, 4.69) is 41.9 Å². The summed E-state index contributed by atoms with van der Waals surface area (Å²) in [5.74, 6) is 0.0212. The van der Waals surface area contributed by atoms with Crippen molar-refractivity contribution in [2.24, 2.45) is 0 Å². The Bertz CT molecular complexity index is 711. The Hall–Kier alpha value is -2.40. The molecule has 0 bridgehead atoms. The largest absolute Gasteiger partial charge is 0.378 e. The number of carbonyl (C=O) groups excluding carboxylic acids is 1. The SMILES string of the molecule is CCN(c1cccc(C)c1)c1cncc(C(=O)N2CCOCC2)c1. The second-order valence-electron chi connectivity index (χ2n) is 5.92. The number of anilines is 2. The molecule has 0 atom stereocenters. The molecule has 1 aromatic heterocycles. The van der Waals surface area contributed by atoms with Crippen molar-refractivity contribution in [2.45, 2.75) is 13.8 Å². The number of morpholine rings is 1. The summed E-state index contributed by atoms with van der Waals surface area (Å²) in [5, 5.41) is 0. The molecule has 1 saturated heterocycles. The van der Waals surface area contributed by atoms with Gasteiger partial charge < -0.3 is 14.5 Å². The molecule has 0 aliphatic carbocycles. The number of amides is 1. The van der Waals surface area contributed by atoms with Gasteiger partial charge in [-0.2, -0.15) is 0 Å². The lowest BCUT2D eigenvalue weighted by Gasteiger charge is -2.28. The van der Waals surface area contributed by atoms with Gasteiger partial charge in [0.15, 0.2) is 0 Å². The Balaban J connectivity index is 1.87. The number of ether oxygens (including phenoxy) is 1. The highest BCUT2D eigenvalue weighted by molar-refractivity contribution is 5.95. The van der Waals surface area contributed by atoms with Crippen molar-refractivity contribution in [1.82, 2.24) is 9.88 Å². The van der Waals surface area contributed by atoms with Crippen molar-refractivity contribution < 1.29 is 9.53 Å². The molecule has 1 aliphatic heterocycles. The lowest BCUT2D eigenvalue weighted by molar-refractivity contribution is 0.0302. The molecule has 3 rings (SSSR count). The summed E-state index contributed by atoms with van der Waals surface area (Å²) in [7, 11) is 0. The Morgan fingerprint density at radius 3 is 2.71 bits per heavy atom. The summed E-state index contributed by atoms with van der Waals surface area (Å²) < 4.78 is 5.32. The zero-order chi connectivity index (χ0) is 16.9. The monoisotopic (exact) mass is 325 g/mol. The fraction of sp³-hybridized carbons (Fsp3) is 0.368. The summed E-state index contributed by atoms with van der Waals surface area (Å²) in [5.41, 5.74) is 3.87. The van der Waals surface area contributed by atoms with Gasteiger partial charge in [0.2, 0.25) is 0 Å². The predicted molar refractivity (Wildman–Crippen MR) is 94.8 cm³/mol. The average Bonchev–Trinajstić information content (AvgIpc) is 2.63.